The highest BCUT2D eigenvalue weighted by Crippen LogP contribution is 2.08. The van der Waals surface area contributed by atoms with Crippen LogP contribution in [0.3, 0.4) is 0 Å². The fourth-order valence-corrected chi connectivity index (χ4v) is 3.12. The molecule has 0 rings (SSSR count). The first-order chi connectivity index (χ1) is 13.9. The first-order valence-electron chi connectivity index (χ1n) is 9.61. The number of nitrogens with one attached hydrogen (secondary N) is 3. The molecule has 0 aromatic rings. The minimum atomic E-state index is -1.34. The zero-order chi connectivity index (χ0) is 23.4. The first-order valence-corrected chi connectivity index (χ1v) is 11.6. The van der Waals surface area contributed by atoms with Gasteiger partial charge in [0, 0.05) is 5.75 Å². The second-order valence-corrected chi connectivity index (χ2v) is 8.74. The van der Waals surface area contributed by atoms with Crippen molar-refractivity contribution in [1.29, 1.82) is 0 Å². The molecule has 0 aromatic heterocycles. The Morgan fingerprint density at radius 2 is 1.57 bits per heavy atom. The van der Waals surface area contributed by atoms with E-state index in [9.17, 15) is 29.4 Å². The van der Waals surface area contributed by atoms with Crippen LogP contribution >= 0.6 is 24.4 Å². The number of hydrogen-bond acceptors (Lipinski definition) is 8. The minimum Gasteiger partial charge on any atom is -0.480 e. The molecule has 5 unspecified atom stereocenters. The number of hydrogen-bond donors (Lipinski definition) is 7. The standard InChI is InChI=1S/C18H34N4O6S2/c1-9(2)7-13(16(25)20-12(18(27)28)5-6-30-4)21-17(26)14(10(3)23)22-15(24)11(19)8-29/h9-14,23,29H,5-8,19H2,1-4H3,(H,20,25)(H,21,26)(H,22,24)(H,27,28). The third kappa shape index (κ3) is 10.5. The quantitative estimate of drug-likeness (QED) is 0.159. The summed E-state index contributed by atoms with van der Waals surface area (Å²) in [5.41, 5.74) is 5.58. The Hall–Kier alpha value is -1.50. The minimum absolute atomic E-state index is 0.00715. The summed E-state index contributed by atoms with van der Waals surface area (Å²) in [6.07, 6.45) is 1.05. The molecular weight excluding hydrogens is 432 g/mol. The summed E-state index contributed by atoms with van der Waals surface area (Å²) in [4.78, 5) is 48.8. The number of carbonyl (C=O) groups is 4. The molecule has 0 bridgehead atoms. The lowest BCUT2D eigenvalue weighted by Gasteiger charge is -2.27. The van der Waals surface area contributed by atoms with E-state index in [-0.39, 0.29) is 24.5 Å². The van der Waals surface area contributed by atoms with Crippen LogP contribution in [0.4, 0.5) is 0 Å². The maximum absolute atomic E-state index is 12.7. The van der Waals surface area contributed by atoms with Gasteiger partial charge in [-0.05, 0) is 37.7 Å². The first kappa shape index (κ1) is 28.5. The summed E-state index contributed by atoms with van der Waals surface area (Å²) in [6.45, 7) is 5.00. The molecule has 0 saturated heterocycles. The second-order valence-electron chi connectivity index (χ2n) is 7.39. The van der Waals surface area contributed by atoms with Crippen molar-refractivity contribution in [1.82, 2.24) is 16.0 Å². The van der Waals surface area contributed by atoms with Gasteiger partial charge in [-0.25, -0.2) is 4.79 Å². The number of aliphatic hydroxyl groups is 1. The van der Waals surface area contributed by atoms with Crippen molar-refractivity contribution in [3.63, 3.8) is 0 Å². The molecule has 5 atom stereocenters. The van der Waals surface area contributed by atoms with Crippen LogP contribution in [-0.4, -0.2) is 81.9 Å². The fraction of sp³-hybridized carbons (Fsp3) is 0.778. The summed E-state index contributed by atoms with van der Waals surface area (Å²) in [6, 6.07) is -4.43. The Morgan fingerprint density at radius 1 is 1.00 bits per heavy atom. The molecule has 3 amide bonds. The van der Waals surface area contributed by atoms with Gasteiger partial charge in [0.25, 0.3) is 0 Å². The van der Waals surface area contributed by atoms with Gasteiger partial charge < -0.3 is 31.9 Å². The molecule has 0 radical (unpaired) electrons. The molecule has 0 fully saturated rings. The van der Waals surface area contributed by atoms with Gasteiger partial charge >= 0.3 is 5.97 Å². The number of amides is 3. The number of aliphatic hydroxyl groups excluding tert-OH is 1. The van der Waals surface area contributed by atoms with E-state index in [0.717, 1.165) is 0 Å². The zero-order valence-electron chi connectivity index (χ0n) is 17.8. The van der Waals surface area contributed by atoms with Crippen molar-refractivity contribution in [3.05, 3.63) is 0 Å². The average molecular weight is 467 g/mol. The summed E-state index contributed by atoms with van der Waals surface area (Å²) >= 11 is 5.37. The monoisotopic (exact) mass is 466 g/mol. The molecule has 0 heterocycles. The Morgan fingerprint density at radius 3 is 2.00 bits per heavy atom. The maximum Gasteiger partial charge on any atom is 0.326 e. The maximum atomic E-state index is 12.7. The van der Waals surface area contributed by atoms with E-state index in [4.69, 9.17) is 5.73 Å². The van der Waals surface area contributed by atoms with Crippen LogP contribution in [0.2, 0.25) is 0 Å². The lowest BCUT2D eigenvalue weighted by atomic mass is 10.0. The van der Waals surface area contributed by atoms with Crippen molar-refractivity contribution < 1.29 is 29.4 Å². The Bertz CT molecular complexity index is 591. The lowest BCUT2D eigenvalue weighted by Crippen LogP contribution is -2.60. The van der Waals surface area contributed by atoms with Crippen LogP contribution in [-0.2, 0) is 19.2 Å². The number of carbonyl (C=O) groups excluding carboxylic acids is 3. The molecule has 0 aliphatic carbocycles. The summed E-state index contributed by atoms with van der Waals surface area (Å²) < 4.78 is 0. The fourth-order valence-electron chi connectivity index (χ4n) is 2.48. The molecule has 12 heteroatoms. The number of thiol groups is 1. The SMILES string of the molecule is CSCCC(NC(=O)C(CC(C)C)NC(=O)C(NC(=O)C(N)CS)C(C)O)C(=O)O. The highest BCUT2D eigenvalue weighted by molar-refractivity contribution is 7.98. The number of nitrogens with two attached hydrogens (primary N) is 1. The van der Waals surface area contributed by atoms with Crippen molar-refractivity contribution in [2.75, 3.05) is 17.8 Å². The van der Waals surface area contributed by atoms with E-state index in [1.807, 2.05) is 20.1 Å². The average Bonchev–Trinajstić information content (AvgIpc) is 2.66. The van der Waals surface area contributed by atoms with E-state index in [1.54, 1.807) is 0 Å². The normalized spacial score (nSPS) is 16.1. The predicted molar refractivity (Wildman–Crippen MR) is 119 cm³/mol. The molecule has 30 heavy (non-hydrogen) atoms. The molecule has 7 N–H and O–H groups in total. The van der Waals surface area contributed by atoms with E-state index in [0.29, 0.717) is 5.75 Å². The van der Waals surface area contributed by atoms with E-state index < -0.39 is 54.0 Å². The Balaban J connectivity index is 5.35. The summed E-state index contributed by atoms with van der Waals surface area (Å²) in [5.74, 6) is -2.66. The third-order valence-electron chi connectivity index (χ3n) is 4.16. The highest BCUT2D eigenvalue weighted by atomic mass is 32.2. The molecule has 174 valence electrons. The molecule has 0 aromatic carbocycles. The third-order valence-corrected chi connectivity index (χ3v) is 5.20. The van der Waals surface area contributed by atoms with E-state index in [2.05, 4.69) is 28.6 Å². The van der Waals surface area contributed by atoms with Gasteiger partial charge in [-0.1, -0.05) is 13.8 Å². The molecule has 0 aliphatic rings. The molecule has 0 saturated carbocycles. The van der Waals surface area contributed by atoms with Crippen LogP contribution in [0.1, 0.15) is 33.6 Å². The van der Waals surface area contributed by atoms with Gasteiger partial charge in [0.2, 0.25) is 17.7 Å². The molecular formula is C18H34N4O6S2. The number of rotatable bonds is 14. The molecule has 10 nitrogen and oxygen atoms in total. The smallest absolute Gasteiger partial charge is 0.326 e. The number of aliphatic carboxylic acids is 1. The Labute approximate surface area is 186 Å². The van der Waals surface area contributed by atoms with E-state index in [1.165, 1.54) is 18.7 Å². The van der Waals surface area contributed by atoms with Crippen molar-refractivity contribution in [2.45, 2.75) is 63.9 Å². The Kier molecular flexibility index (Phi) is 13.8. The topological polar surface area (TPSA) is 171 Å². The number of thioether (sulfide) groups is 1. The van der Waals surface area contributed by atoms with Crippen molar-refractivity contribution in [2.24, 2.45) is 11.7 Å². The van der Waals surface area contributed by atoms with Crippen LogP contribution in [0, 0.1) is 5.92 Å². The van der Waals surface area contributed by atoms with Crippen LogP contribution < -0.4 is 21.7 Å². The van der Waals surface area contributed by atoms with Crippen molar-refractivity contribution >= 4 is 48.1 Å². The van der Waals surface area contributed by atoms with Crippen LogP contribution in [0.15, 0.2) is 0 Å². The van der Waals surface area contributed by atoms with Gasteiger partial charge in [0.1, 0.15) is 18.1 Å². The largest absolute Gasteiger partial charge is 0.480 e. The molecule has 0 aliphatic heterocycles. The van der Waals surface area contributed by atoms with Crippen molar-refractivity contribution in [3.8, 4) is 0 Å². The zero-order valence-corrected chi connectivity index (χ0v) is 19.5. The van der Waals surface area contributed by atoms with Gasteiger partial charge in [0.15, 0.2) is 0 Å². The second kappa shape index (κ2) is 14.5. The predicted octanol–water partition coefficient (Wildman–Crippen LogP) is -1.04. The van der Waals surface area contributed by atoms with Gasteiger partial charge in [0.05, 0.1) is 12.1 Å². The van der Waals surface area contributed by atoms with Crippen LogP contribution in [0.25, 0.3) is 0 Å². The van der Waals surface area contributed by atoms with Gasteiger partial charge in [-0.2, -0.15) is 24.4 Å². The highest BCUT2D eigenvalue weighted by Gasteiger charge is 2.32. The lowest BCUT2D eigenvalue weighted by molar-refractivity contribution is -0.142. The number of carboxylic acids is 1. The number of carboxylic acid groups (broad SMARTS) is 1. The summed E-state index contributed by atoms with van der Waals surface area (Å²) in [5, 5.41) is 26.5. The summed E-state index contributed by atoms with van der Waals surface area (Å²) in [7, 11) is 0. The molecule has 0 spiro atoms. The van der Waals surface area contributed by atoms with Crippen LogP contribution in [0.5, 0.6) is 0 Å². The van der Waals surface area contributed by atoms with Gasteiger partial charge in [-0.3, -0.25) is 14.4 Å². The van der Waals surface area contributed by atoms with E-state index >= 15 is 0 Å². The van der Waals surface area contributed by atoms with Gasteiger partial charge in [-0.15, -0.1) is 0 Å².